The largest absolute Gasteiger partial charge is 0.351 e. The zero-order valence-corrected chi connectivity index (χ0v) is 14.6. The minimum Gasteiger partial charge on any atom is -0.351 e. The normalized spacial score (nSPS) is 16.5. The average molecular weight is 356 g/mol. The first-order valence-electron chi connectivity index (χ1n) is 8.63. The molecule has 1 aromatic heterocycles. The Bertz CT molecular complexity index is 812. The molecule has 0 saturated carbocycles. The molecule has 1 aliphatic rings. The lowest BCUT2D eigenvalue weighted by molar-refractivity contribution is -0.131. The molecule has 0 unspecified atom stereocenters. The minimum atomic E-state index is -0.370. The van der Waals surface area contributed by atoms with Crippen molar-refractivity contribution in [1.29, 1.82) is 0 Å². The van der Waals surface area contributed by atoms with Gasteiger partial charge in [0.25, 0.3) is 0 Å². The lowest BCUT2D eigenvalue weighted by Crippen LogP contribution is -2.33. The summed E-state index contributed by atoms with van der Waals surface area (Å²) >= 11 is 0. The van der Waals surface area contributed by atoms with Crippen molar-refractivity contribution in [2.45, 2.75) is 38.8 Å². The monoisotopic (exact) mass is 356 g/mol. The van der Waals surface area contributed by atoms with E-state index in [2.05, 4.69) is 15.3 Å². The molecular formula is C19H21FN4O2. The van der Waals surface area contributed by atoms with Crippen molar-refractivity contribution in [3.05, 3.63) is 59.4 Å². The first-order valence-corrected chi connectivity index (χ1v) is 8.63. The number of carbonyl (C=O) groups is 2. The molecule has 3 rings (SSSR count). The van der Waals surface area contributed by atoms with Crippen molar-refractivity contribution >= 4 is 11.8 Å². The van der Waals surface area contributed by atoms with Gasteiger partial charge in [-0.3, -0.25) is 9.59 Å². The third-order valence-corrected chi connectivity index (χ3v) is 4.42. The van der Waals surface area contributed by atoms with Crippen LogP contribution in [0.5, 0.6) is 0 Å². The lowest BCUT2D eigenvalue weighted by atomic mass is 10.1. The van der Waals surface area contributed by atoms with Gasteiger partial charge in [-0.2, -0.15) is 0 Å². The van der Waals surface area contributed by atoms with Crippen molar-refractivity contribution in [2.24, 2.45) is 0 Å². The van der Waals surface area contributed by atoms with E-state index in [4.69, 9.17) is 0 Å². The van der Waals surface area contributed by atoms with Gasteiger partial charge in [-0.15, -0.1) is 0 Å². The third kappa shape index (κ3) is 4.22. The predicted octanol–water partition coefficient (Wildman–Crippen LogP) is 2.16. The Labute approximate surface area is 151 Å². The van der Waals surface area contributed by atoms with E-state index in [0.717, 1.165) is 12.8 Å². The Morgan fingerprint density at radius 1 is 1.31 bits per heavy atom. The molecule has 1 saturated heterocycles. The van der Waals surface area contributed by atoms with E-state index in [0.29, 0.717) is 30.2 Å². The van der Waals surface area contributed by atoms with E-state index in [1.54, 1.807) is 35.4 Å². The number of aromatic nitrogens is 2. The molecule has 0 bridgehead atoms. The Morgan fingerprint density at radius 2 is 2.12 bits per heavy atom. The second-order valence-electron chi connectivity index (χ2n) is 6.33. The first-order chi connectivity index (χ1) is 12.5. The van der Waals surface area contributed by atoms with Crippen molar-refractivity contribution < 1.29 is 14.0 Å². The van der Waals surface area contributed by atoms with E-state index < -0.39 is 0 Å². The highest BCUT2D eigenvalue weighted by Gasteiger charge is 2.32. The predicted molar refractivity (Wildman–Crippen MR) is 93.3 cm³/mol. The van der Waals surface area contributed by atoms with Gasteiger partial charge in [0.05, 0.1) is 24.7 Å². The van der Waals surface area contributed by atoms with Crippen molar-refractivity contribution in [3.8, 4) is 0 Å². The number of hydrogen-bond acceptors (Lipinski definition) is 4. The quantitative estimate of drug-likeness (QED) is 0.891. The smallest absolute Gasteiger partial charge is 0.227 e. The molecule has 1 fully saturated rings. The van der Waals surface area contributed by atoms with Crippen LogP contribution in [0.4, 0.5) is 4.39 Å². The summed E-state index contributed by atoms with van der Waals surface area (Å²) < 4.78 is 13.8. The fourth-order valence-electron chi connectivity index (χ4n) is 3.13. The van der Waals surface area contributed by atoms with Crippen LogP contribution >= 0.6 is 0 Å². The molecule has 6 nitrogen and oxygen atoms in total. The summed E-state index contributed by atoms with van der Waals surface area (Å²) in [6, 6.07) is 7.84. The van der Waals surface area contributed by atoms with Gasteiger partial charge < -0.3 is 10.2 Å². The SMILES string of the molecule is CC(=O)NCc1ccnc([C@H]2CCCN2C(=O)Cc2ccccc2F)n1. The number of halogens is 1. The van der Waals surface area contributed by atoms with Gasteiger partial charge >= 0.3 is 0 Å². The molecule has 2 heterocycles. The van der Waals surface area contributed by atoms with E-state index in [9.17, 15) is 14.0 Å². The molecule has 1 atom stereocenters. The summed E-state index contributed by atoms with van der Waals surface area (Å²) in [6.07, 6.45) is 3.28. The number of rotatable bonds is 5. The number of hydrogen-bond donors (Lipinski definition) is 1. The van der Waals surface area contributed by atoms with Crippen LogP contribution < -0.4 is 5.32 Å². The highest BCUT2D eigenvalue weighted by atomic mass is 19.1. The molecule has 1 aliphatic heterocycles. The molecule has 2 amide bonds. The number of likely N-dealkylation sites (tertiary alicyclic amines) is 1. The Kier molecular flexibility index (Phi) is 5.55. The molecule has 136 valence electrons. The van der Waals surface area contributed by atoms with Gasteiger partial charge in [0, 0.05) is 19.7 Å². The van der Waals surface area contributed by atoms with Crippen molar-refractivity contribution in [3.63, 3.8) is 0 Å². The van der Waals surface area contributed by atoms with Crippen LogP contribution in [0.15, 0.2) is 36.5 Å². The molecule has 1 N–H and O–H groups in total. The summed E-state index contributed by atoms with van der Waals surface area (Å²) in [7, 11) is 0. The number of nitrogens with zero attached hydrogens (tertiary/aromatic N) is 3. The van der Waals surface area contributed by atoms with E-state index in [-0.39, 0.29) is 30.1 Å². The Morgan fingerprint density at radius 3 is 2.88 bits per heavy atom. The van der Waals surface area contributed by atoms with Gasteiger partial charge in [0.15, 0.2) is 5.82 Å². The maximum absolute atomic E-state index is 13.8. The number of benzene rings is 1. The number of carbonyl (C=O) groups excluding carboxylic acids is 2. The van der Waals surface area contributed by atoms with Crippen LogP contribution in [-0.4, -0.2) is 33.2 Å². The molecule has 2 aromatic rings. The van der Waals surface area contributed by atoms with Crippen LogP contribution in [-0.2, 0) is 22.6 Å². The molecular weight excluding hydrogens is 335 g/mol. The van der Waals surface area contributed by atoms with E-state index >= 15 is 0 Å². The molecule has 7 heteroatoms. The van der Waals surface area contributed by atoms with Gasteiger partial charge in [-0.25, -0.2) is 14.4 Å². The van der Waals surface area contributed by atoms with E-state index in [1.165, 1.54) is 13.0 Å². The molecule has 0 radical (unpaired) electrons. The van der Waals surface area contributed by atoms with Crippen LogP contribution in [0.1, 0.15) is 42.9 Å². The van der Waals surface area contributed by atoms with E-state index in [1.807, 2.05) is 0 Å². The maximum Gasteiger partial charge on any atom is 0.227 e. The standard InChI is InChI=1S/C19H21FN4O2/c1-13(25)22-12-15-8-9-21-19(23-15)17-7-4-10-24(17)18(26)11-14-5-2-3-6-16(14)20/h2-3,5-6,8-9,17H,4,7,10-12H2,1H3,(H,22,25)/t17-/m1/s1. The molecule has 0 aliphatic carbocycles. The second-order valence-corrected chi connectivity index (χ2v) is 6.33. The van der Waals surface area contributed by atoms with Crippen molar-refractivity contribution in [1.82, 2.24) is 20.2 Å². The maximum atomic E-state index is 13.8. The Hall–Kier alpha value is -2.83. The van der Waals surface area contributed by atoms with Gasteiger partial charge in [-0.05, 0) is 30.5 Å². The van der Waals surface area contributed by atoms with Crippen LogP contribution in [0.25, 0.3) is 0 Å². The fourth-order valence-corrected chi connectivity index (χ4v) is 3.13. The van der Waals surface area contributed by atoms with Gasteiger partial charge in [-0.1, -0.05) is 18.2 Å². The molecule has 26 heavy (non-hydrogen) atoms. The van der Waals surface area contributed by atoms with Gasteiger partial charge in [0.2, 0.25) is 11.8 Å². The Balaban J connectivity index is 1.73. The van der Waals surface area contributed by atoms with Gasteiger partial charge in [0.1, 0.15) is 5.82 Å². The fraction of sp³-hybridized carbons (Fsp3) is 0.368. The molecule has 0 spiro atoms. The lowest BCUT2D eigenvalue weighted by Gasteiger charge is -2.24. The first kappa shape index (κ1) is 18.0. The second kappa shape index (κ2) is 8.03. The van der Waals surface area contributed by atoms with Crippen LogP contribution in [0.2, 0.25) is 0 Å². The zero-order valence-electron chi connectivity index (χ0n) is 14.6. The zero-order chi connectivity index (χ0) is 18.5. The van der Waals surface area contributed by atoms with Crippen LogP contribution in [0.3, 0.4) is 0 Å². The summed E-state index contributed by atoms with van der Waals surface area (Å²) in [5.41, 5.74) is 1.09. The summed E-state index contributed by atoms with van der Waals surface area (Å²) in [5.74, 6) is -0.0708. The highest BCUT2D eigenvalue weighted by Crippen LogP contribution is 2.30. The third-order valence-electron chi connectivity index (χ3n) is 4.42. The minimum absolute atomic E-state index is 0.0226. The summed E-state index contributed by atoms with van der Waals surface area (Å²) in [5, 5.41) is 2.70. The molecule has 1 aromatic carbocycles. The number of nitrogens with one attached hydrogen (secondary N) is 1. The summed E-state index contributed by atoms with van der Waals surface area (Å²) in [4.78, 5) is 34.3. The summed E-state index contributed by atoms with van der Waals surface area (Å²) in [6.45, 7) is 2.38. The average Bonchev–Trinajstić information content (AvgIpc) is 3.12. The van der Waals surface area contributed by atoms with Crippen LogP contribution in [0, 0.1) is 5.82 Å². The number of amides is 2. The topological polar surface area (TPSA) is 75.2 Å². The van der Waals surface area contributed by atoms with Crippen molar-refractivity contribution in [2.75, 3.05) is 6.54 Å². The highest BCUT2D eigenvalue weighted by molar-refractivity contribution is 5.79.